The van der Waals surface area contributed by atoms with Gasteiger partial charge in [-0.1, -0.05) is 51.1 Å². The predicted octanol–water partition coefficient (Wildman–Crippen LogP) is 3.01. The van der Waals surface area contributed by atoms with E-state index in [9.17, 15) is 26.7 Å². The molecule has 232 valence electrons. The third-order valence-corrected chi connectivity index (χ3v) is 11.3. The first-order valence-electron chi connectivity index (χ1n) is 13.9. The van der Waals surface area contributed by atoms with Crippen molar-refractivity contribution in [2.45, 2.75) is 50.0 Å². The summed E-state index contributed by atoms with van der Waals surface area (Å²) in [5.74, 6) is -2.21. The van der Waals surface area contributed by atoms with Gasteiger partial charge in [0.2, 0.25) is 15.9 Å². The summed E-state index contributed by atoms with van der Waals surface area (Å²) in [7, 11) is -7.67. The number of hydrogen-bond donors (Lipinski definition) is 3. The Bertz CT molecular complexity index is 1710. The highest BCUT2D eigenvalue weighted by atomic mass is 32.2. The summed E-state index contributed by atoms with van der Waals surface area (Å²) in [4.78, 5) is 17.6. The number of sulfonamides is 1. The highest BCUT2D eigenvalue weighted by Gasteiger charge is 2.33. The number of thiazole rings is 1. The van der Waals surface area contributed by atoms with Gasteiger partial charge in [0, 0.05) is 25.2 Å². The molecule has 2 aromatic carbocycles. The highest BCUT2D eigenvalue weighted by Crippen LogP contribution is 2.25. The zero-order valence-electron chi connectivity index (χ0n) is 24.3. The number of nitrogens with one attached hydrogen (secondary N) is 2. The molecule has 11 nitrogen and oxygen atoms in total. The molecule has 4 rings (SSSR count). The quantitative estimate of drug-likeness (QED) is 0.177. The number of hydrogen-bond acceptors (Lipinski definition) is 9. The summed E-state index contributed by atoms with van der Waals surface area (Å²) in [6, 6.07) is 14.6. The van der Waals surface area contributed by atoms with Crippen LogP contribution in [0.15, 0.2) is 71.2 Å². The second-order valence-corrected chi connectivity index (χ2v) is 16.0. The molecule has 0 aliphatic heterocycles. The molecular formula is C29H37N5O6S3. The zero-order valence-corrected chi connectivity index (χ0v) is 26.7. The average Bonchev–Trinajstić information content (AvgIpc) is 3.63. The molecule has 0 bridgehead atoms. The van der Waals surface area contributed by atoms with Gasteiger partial charge in [-0.3, -0.25) is 9.89 Å². The summed E-state index contributed by atoms with van der Waals surface area (Å²) in [6.07, 6.45) is 0.368. The summed E-state index contributed by atoms with van der Waals surface area (Å²) in [5, 5.41) is 20.7. The molecule has 43 heavy (non-hydrogen) atoms. The Morgan fingerprint density at radius 2 is 1.79 bits per heavy atom. The standard InChI is InChI=1S/C29H37N5O6S3/c1-20(2)15-34(43(39,40)24-9-10-28-26(14-24)30-19-41-28)16-27(35)25(13-22-7-5-4-6-8-22)32-29(36)21(3)17-42(37,38)18-23-11-12-31-33-23/h4-12,14,19-21,25,27,35H,13,15-18H2,1-3H3,(H,31,33)(H,32,36)/t21-,25?,27-/m1/s1. The molecule has 0 fully saturated rings. The van der Waals surface area contributed by atoms with E-state index in [0.717, 1.165) is 10.3 Å². The number of sulfone groups is 1. The van der Waals surface area contributed by atoms with E-state index >= 15 is 0 Å². The number of aliphatic hydroxyl groups excluding tert-OH is 1. The number of amides is 1. The number of nitrogens with zero attached hydrogens (tertiary/aromatic N) is 3. The van der Waals surface area contributed by atoms with Gasteiger partial charge in [-0.25, -0.2) is 21.8 Å². The topological polar surface area (TPSA) is 162 Å². The molecule has 0 saturated heterocycles. The van der Waals surface area contributed by atoms with Crippen LogP contribution in [0.3, 0.4) is 0 Å². The molecule has 3 atom stereocenters. The maximum Gasteiger partial charge on any atom is 0.243 e. The number of carbonyl (C=O) groups is 1. The Kier molecular flexibility index (Phi) is 10.7. The number of aromatic amines is 1. The molecule has 4 aromatic rings. The van der Waals surface area contributed by atoms with E-state index in [0.29, 0.717) is 11.2 Å². The van der Waals surface area contributed by atoms with E-state index in [1.807, 2.05) is 44.2 Å². The van der Waals surface area contributed by atoms with Gasteiger partial charge in [-0.05, 0) is 42.2 Å². The Balaban J connectivity index is 1.54. The molecule has 3 N–H and O–H groups in total. The van der Waals surface area contributed by atoms with Gasteiger partial charge in [0.15, 0.2) is 9.84 Å². The van der Waals surface area contributed by atoms with Gasteiger partial charge >= 0.3 is 0 Å². The number of fused-ring (bicyclic) bond motifs is 1. The van der Waals surface area contributed by atoms with Crippen molar-refractivity contribution in [2.75, 3.05) is 18.8 Å². The minimum absolute atomic E-state index is 0.0488. The van der Waals surface area contributed by atoms with Gasteiger partial charge in [0.25, 0.3) is 0 Å². The number of H-pyrrole nitrogens is 1. The molecule has 0 radical (unpaired) electrons. The molecular weight excluding hydrogens is 611 g/mol. The minimum atomic E-state index is -4.02. The second-order valence-electron chi connectivity index (χ2n) is 11.1. The third kappa shape index (κ3) is 8.92. The van der Waals surface area contributed by atoms with Crippen molar-refractivity contribution in [1.29, 1.82) is 0 Å². The van der Waals surface area contributed by atoms with Crippen LogP contribution in [0.2, 0.25) is 0 Å². The normalized spacial score (nSPS) is 14.7. The number of carbonyl (C=O) groups excluding carboxylic acids is 1. The number of rotatable bonds is 15. The lowest BCUT2D eigenvalue weighted by molar-refractivity contribution is -0.125. The largest absolute Gasteiger partial charge is 0.390 e. The van der Waals surface area contributed by atoms with Crippen molar-refractivity contribution in [3.05, 3.63) is 77.6 Å². The monoisotopic (exact) mass is 647 g/mol. The summed E-state index contributed by atoms with van der Waals surface area (Å²) in [6.45, 7) is 5.14. The van der Waals surface area contributed by atoms with E-state index in [2.05, 4.69) is 20.5 Å². The molecule has 1 amide bonds. The van der Waals surface area contributed by atoms with E-state index in [-0.39, 0.29) is 36.1 Å². The third-order valence-electron chi connectivity index (χ3n) is 6.88. The van der Waals surface area contributed by atoms with Crippen LogP contribution < -0.4 is 5.32 Å². The van der Waals surface area contributed by atoms with Crippen LogP contribution in [0.4, 0.5) is 0 Å². The number of aliphatic hydroxyl groups is 1. The van der Waals surface area contributed by atoms with E-state index in [1.54, 1.807) is 17.6 Å². The Morgan fingerprint density at radius 3 is 2.47 bits per heavy atom. The fourth-order valence-electron chi connectivity index (χ4n) is 4.75. The van der Waals surface area contributed by atoms with Crippen molar-refractivity contribution in [3.8, 4) is 0 Å². The second kappa shape index (κ2) is 14.1. The first-order chi connectivity index (χ1) is 20.3. The van der Waals surface area contributed by atoms with Crippen molar-refractivity contribution < 1.29 is 26.7 Å². The van der Waals surface area contributed by atoms with Crippen LogP contribution in [0.1, 0.15) is 32.0 Å². The molecule has 14 heteroatoms. The van der Waals surface area contributed by atoms with Gasteiger partial charge in [-0.2, -0.15) is 9.40 Å². The molecule has 1 unspecified atom stereocenters. The molecule has 0 aliphatic rings. The molecule has 0 aliphatic carbocycles. The maximum absolute atomic E-state index is 13.8. The van der Waals surface area contributed by atoms with Crippen LogP contribution in [0.5, 0.6) is 0 Å². The lowest BCUT2D eigenvalue weighted by atomic mass is 10.00. The van der Waals surface area contributed by atoms with Gasteiger partial charge < -0.3 is 10.4 Å². The lowest BCUT2D eigenvalue weighted by Crippen LogP contribution is -2.52. The van der Waals surface area contributed by atoms with Crippen molar-refractivity contribution in [1.82, 2.24) is 24.8 Å². The van der Waals surface area contributed by atoms with Crippen molar-refractivity contribution in [2.24, 2.45) is 11.8 Å². The summed E-state index contributed by atoms with van der Waals surface area (Å²) >= 11 is 1.41. The minimum Gasteiger partial charge on any atom is -0.390 e. The summed E-state index contributed by atoms with van der Waals surface area (Å²) in [5.41, 5.74) is 3.46. The van der Waals surface area contributed by atoms with E-state index in [4.69, 9.17) is 0 Å². The molecule has 2 aromatic heterocycles. The van der Waals surface area contributed by atoms with Crippen molar-refractivity contribution in [3.63, 3.8) is 0 Å². The van der Waals surface area contributed by atoms with Gasteiger partial charge in [-0.15, -0.1) is 11.3 Å². The molecule has 0 spiro atoms. The molecule has 0 saturated carbocycles. The SMILES string of the molecule is CC(C)CN(C[C@@H](O)C(Cc1ccccc1)NC(=O)[C@H](C)CS(=O)(=O)Cc1ccn[nH]1)S(=O)(=O)c1ccc2scnc2c1. The maximum atomic E-state index is 13.8. The Hall–Kier alpha value is -3.17. The van der Waals surface area contributed by atoms with Crippen molar-refractivity contribution >= 4 is 47.3 Å². The fourth-order valence-corrected chi connectivity index (χ4v) is 8.72. The Labute approximate surface area is 256 Å². The average molecular weight is 648 g/mol. The van der Waals surface area contributed by atoms with Crippen LogP contribution in [0, 0.1) is 11.8 Å². The van der Waals surface area contributed by atoms with E-state index in [1.165, 1.54) is 40.9 Å². The Morgan fingerprint density at radius 1 is 1.05 bits per heavy atom. The van der Waals surface area contributed by atoms with Gasteiger partial charge in [0.1, 0.15) is 0 Å². The number of aromatic nitrogens is 3. The van der Waals surface area contributed by atoms with Crippen LogP contribution in [-0.2, 0) is 36.8 Å². The zero-order chi connectivity index (χ0) is 31.2. The number of benzene rings is 2. The van der Waals surface area contributed by atoms with Crippen LogP contribution in [0.25, 0.3) is 10.2 Å². The van der Waals surface area contributed by atoms with E-state index < -0.39 is 49.6 Å². The smallest absolute Gasteiger partial charge is 0.243 e. The first kappa shape index (κ1) is 32.7. The predicted molar refractivity (Wildman–Crippen MR) is 167 cm³/mol. The van der Waals surface area contributed by atoms with Crippen LogP contribution in [-0.4, -0.2) is 78.3 Å². The fraction of sp³-hybridized carbons (Fsp3) is 0.414. The van der Waals surface area contributed by atoms with Crippen LogP contribution >= 0.6 is 11.3 Å². The first-order valence-corrected chi connectivity index (χ1v) is 18.0. The summed E-state index contributed by atoms with van der Waals surface area (Å²) < 4.78 is 55.1. The molecule has 2 heterocycles. The lowest BCUT2D eigenvalue weighted by Gasteiger charge is -2.31. The highest BCUT2D eigenvalue weighted by molar-refractivity contribution is 7.90. The van der Waals surface area contributed by atoms with Gasteiger partial charge in [0.05, 0.1) is 50.0 Å².